The van der Waals surface area contributed by atoms with Crippen molar-refractivity contribution in [2.24, 2.45) is 0 Å². The number of aliphatic hydroxyl groups excluding tert-OH is 4. The first-order valence-electron chi connectivity index (χ1n) is 9.75. The number of hydrogen-bond donors (Lipinski definition) is 5. The predicted molar refractivity (Wildman–Crippen MR) is 111 cm³/mol. The van der Waals surface area contributed by atoms with Crippen molar-refractivity contribution in [1.82, 2.24) is 0 Å². The molecule has 2 heterocycles. The Bertz CT molecular complexity index is 1150. The van der Waals surface area contributed by atoms with E-state index in [0.29, 0.717) is 5.56 Å². The number of hydrogen-bond acceptors (Lipinski definition) is 10. The lowest BCUT2D eigenvalue weighted by atomic mass is 9.99. The van der Waals surface area contributed by atoms with Crippen LogP contribution in [0.1, 0.15) is 0 Å². The number of aromatic hydroxyl groups is 1. The van der Waals surface area contributed by atoms with E-state index in [4.69, 9.17) is 18.6 Å². The van der Waals surface area contributed by atoms with Crippen LogP contribution in [0.25, 0.3) is 22.3 Å². The van der Waals surface area contributed by atoms with Crippen molar-refractivity contribution in [2.45, 2.75) is 30.7 Å². The number of phenols is 1. The van der Waals surface area contributed by atoms with Crippen LogP contribution in [0.3, 0.4) is 0 Å². The van der Waals surface area contributed by atoms with E-state index in [2.05, 4.69) is 0 Å². The molecule has 0 bridgehead atoms. The molecule has 0 amide bonds. The fourth-order valence-corrected chi connectivity index (χ4v) is 3.50. The van der Waals surface area contributed by atoms with Gasteiger partial charge in [0.15, 0.2) is 5.43 Å². The molecule has 1 aliphatic rings. The second-order valence-corrected chi connectivity index (χ2v) is 7.34. The maximum absolute atomic E-state index is 13.0. The molecule has 3 aromatic rings. The van der Waals surface area contributed by atoms with Crippen molar-refractivity contribution in [2.75, 3.05) is 13.7 Å². The number of phenolic OH excluding ortho intramolecular Hbond substituents is 1. The van der Waals surface area contributed by atoms with E-state index < -0.39 is 42.7 Å². The average molecular weight is 446 g/mol. The summed E-state index contributed by atoms with van der Waals surface area (Å²) < 4.78 is 22.2. The molecular weight excluding hydrogens is 424 g/mol. The minimum Gasteiger partial charge on any atom is -0.508 e. The molecule has 0 spiro atoms. The predicted octanol–water partition coefficient (Wildman–Crippen LogP) is 0.353. The Balaban J connectivity index is 1.77. The highest BCUT2D eigenvalue weighted by molar-refractivity contribution is 5.86. The maximum atomic E-state index is 13.0. The third-order valence-electron chi connectivity index (χ3n) is 5.25. The number of benzene rings is 2. The van der Waals surface area contributed by atoms with Gasteiger partial charge >= 0.3 is 0 Å². The number of rotatable bonds is 5. The highest BCUT2D eigenvalue weighted by Gasteiger charge is 2.45. The van der Waals surface area contributed by atoms with Gasteiger partial charge in [0.2, 0.25) is 6.29 Å². The highest BCUT2D eigenvalue weighted by Crippen LogP contribution is 2.34. The van der Waals surface area contributed by atoms with Gasteiger partial charge in [-0.05, 0) is 24.3 Å². The van der Waals surface area contributed by atoms with Crippen LogP contribution in [0.4, 0.5) is 0 Å². The van der Waals surface area contributed by atoms with Crippen molar-refractivity contribution in [1.29, 1.82) is 0 Å². The Labute approximate surface area is 181 Å². The first kappa shape index (κ1) is 22.1. The topological polar surface area (TPSA) is 159 Å². The average Bonchev–Trinajstić information content (AvgIpc) is 2.79. The lowest BCUT2D eigenvalue weighted by Crippen LogP contribution is -2.60. The van der Waals surface area contributed by atoms with E-state index in [1.54, 1.807) is 12.1 Å². The monoisotopic (exact) mass is 446 g/mol. The Kier molecular flexibility index (Phi) is 6.04. The third-order valence-corrected chi connectivity index (χ3v) is 5.25. The first-order valence-corrected chi connectivity index (χ1v) is 9.75. The Morgan fingerprint density at radius 3 is 2.38 bits per heavy atom. The molecule has 5 N–H and O–H groups in total. The van der Waals surface area contributed by atoms with Crippen LogP contribution >= 0.6 is 0 Å². The Morgan fingerprint density at radius 2 is 1.72 bits per heavy atom. The van der Waals surface area contributed by atoms with Crippen LogP contribution < -0.4 is 14.9 Å². The molecule has 170 valence electrons. The summed E-state index contributed by atoms with van der Waals surface area (Å²) in [7, 11) is 1.40. The lowest BCUT2D eigenvalue weighted by molar-refractivity contribution is -0.277. The summed E-state index contributed by atoms with van der Waals surface area (Å²) in [5.74, 6) is 0.543. The fourth-order valence-electron chi connectivity index (χ4n) is 3.50. The van der Waals surface area contributed by atoms with Gasteiger partial charge in [-0.15, -0.1) is 0 Å². The van der Waals surface area contributed by atoms with E-state index in [0.717, 1.165) is 0 Å². The molecule has 1 fully saturated rings. The number of methoxy groups -OCH3 is 1. The number of fused-ring (bicyclic) bond motifs is 1. The van der Waals surface area contributed by atoms with Crippen LogP contribution in [0.5, 0.6) is 17.2 Å². The van der Waals surface area contributed by atoms with Crippen molar-refractivity contribution in [3.63, 3.8) is 0 Å². The lowest BCUT2D eigenvalue weighted by Gasteiger charge is -2.39. The third kappa shape index (κ3) is 4.01. The smallest absolute Gasteiger partial charge is 0.229 e. The van der Waals surface area contributed by atoms with E-state index >= 15 is 0 Å². The van der Waals surface area contributed by atoms with Crippen molar-refractivity contribution < 1.29 is 44.2 Å². The Morgan fingerprint density at radius 1 is 1.00 bits per heavy atom. The highest BCUT2D eigenvalue weighted by atomic mass is 16.7. The van der Waals surface area contributed by atoms with Crippen LogP contribution in [0.15, 0.2) is 51.7 Å². The van der Waals surface area contributed by atoms with Crippen molar-refractivity contribution >= 4 is 11.0 Å². The SMILES string of the molecule is COc1cc(O[C@@H]2O[C@H](CO)[C@@H](O)[C@H](O)[C@H]2O)c2c(=O)cc(-c3ccc(O)cc3)oc2c1. The zero-order valence-electron chi connectivity index (χ0n) is 16.9. The van der Waals surface area contributed by atoms with Crippen molar-refractivity contribution in [3.05, 3.63) is 52.7 Å². The van der Waals surface area contributed by atoms with Crippen LogP contribution in [-0.2, 0) is 4.74 Å². The molecule has 0 unspecified atom stereocenters. The van der Waals surface area contributed by atoms with E-state index in [1.807, 2.05) is 0 Å². The van der Waals surface area contributed by atoms with Gasteiger partial charge in [0, 0.05) is 23.8 Å². The number of aliphatic hydroxyl groups is 4. The summed E-state index contributed by atoms with van der Waals surface area (Å²) in [6.45, 7) is -0.623. The summed E-state index contributed by atoms with van der Waals surface area (Å²) in [5, 5.41) is 49.1. The molecule has 2 aromatic carbocycles. The van der Waals surface area contributed by atoms with Crippen LogP contribution in [-0.4, -0.2) is 70.0 Å². The zero-order chi connectivity index (χ0) is 23.0. The quantitative estimate of drug-likeness (QED) is 0.370. The van der Waals surface area contributed by atoms with Gasteiger partial charge in [-0.3, -0.25) is 4.79 Å². The molecule has 10 heteroatoms. The molecule has 1 aromatic heterocycles. The largest absolute Gasteiger partial charge is 0.508 e. The molecule has 10 nitrogen and oxygen atoms in total. The molecule has 32 heavy (non-hydrogen) atoms. The summed E-state index contributed by atoms with van der Waals surface area (Å²) in [4.78, 5) is 13.0. The van der Waals surface area contributed by atoms with Gasteiger partial charge in [0.05, 0.1) is 13.7 Å². The second kappa shape index (κ2) is 8.77. The minimum absolute atomic E-state index is 0.0327. The van der Waals surface area contributed by atoms with E-state index in [-0.39, 0.29) is 34.0 Å². The minimum atomic E-state index is -1.66. The van der Waals surface area contributed by atoms with Crippen LogP contribution in [0, 0.1) is 0 Å². The van der Waals surface area contributed by atoms with Crippen LogP contribution in [0.2, 0.25) is 0 Å². The summed E-state index contributed by atoms with van der Waals surface area (Å²) in [5.41, 5.74) is 0.220. The van der Waals surface area contributed by atoms with E-state index in [1.165, 1.54) is 37.4 Å². The van der Waals surface area contributed by atoms with Gasteiger partial charge in [0.1, 0.15) is 58.4 Å². The van der Waals surface area contributed by atoms with Gasteiger partial charge in [-0.1, -0.05) is 0 Å². The molecule has 1 aliphatic heterocycles. The maximum Gasteiger partial charge on any atom is 0.229 e. The molecular formula is C22H22O10. The van der Waals surface area contributed by atoms with E-state index in [9.17, 15) is 30.3 Å². The van der Waals surface area contributed by atoms with Gasteiger partial charge in [-0.25, -0.2) is 0 Å². The summed E-state index contributed by atoms with van der Waals surface area (Å²) >= 11 is 0. The van der Waals surface area contributed by atoms with Gasteiger partial charge < -0.3 is 44.2 Å². The summed E-state index contributed by atoms with van der Waals surface area (Å²) in [6, 6.07) is 10.2. The second-order valence-electron chi connectivity index (χ2n) is 7.34. The first-order chi connectivity index (χ1) is 15.3. The molecule has 5 atom stereocenters. The Hall–Kier alpha value is -3.15. The molecule has 4 rings (SSSR count). The zero-order valence-corrected chi connectivity index (χ0v) is 16.9. The standard InChI is InChI=1S/C22H22O10/c1-29-12-6-15-18(13(25)8-14(30-15)10-2-4-11(24)5-3-10)16(7-12)31-22-21(28)20(27)19(26)17(9-23)32-22/h2-8,17,19-24,26-28H,9H2,1H3/t17-,19-,20+,21-,22-/m1/s1. The van der Waals surface area contributed by atoms with Gasteiger partial charge in [0.25, 0.3) is 0 Å². The summed E-state index contributed by atoms with van der Waals surface area (Å²) in [6.07, 6.45) is -7.50. The number of ether oxygens (including phenoxy) is 3. The molecule has 0 aliphatic carbocycles. The fraction of sp³-hybridized carbons (Fsp3) is 0.318. The molecule has 0 radical (unpaired) electrons. The molecule has 1 saturated heterocycles. The van der Waals surface area contributed by atoms with Crippen molar-refractivity contribution in [3.8, 4) is 28.6 Å². The normalized spacial score (nSPS) is 25.6. The van der Waals surface area contributed by atoms with Gasteiger partial charge in [-0.2, -0.15) is 0 Å². The molecule has 0 saturated carbocycles.